The first kappa shape index (κ1) is 54.1. The molecule has 6 amide bonds. The number of thioether (sulfide) groups is 2. The van der Waals surface area contributed by atoms with Crippen molar-refractivity contribution >= 4 is 59.0 Å². The van der Waals surface area contributed by atoms with Crippen LogP contribution in [0.15, 0.2) is 48.5 Å². The molecular formula is C54H78N8O8S2. The van der Waals surface area contributed by atoms with Crippen molar-refractivity contribution in [2.24, 2.45) is 10.8 Å². The number of unbranched alkanes of at least 4 members (excludes halogenated alkanes) is 3. The Morgan fingerprint density at radius 1 is 0.611 bits per heavy atom. The average molecular weight is 1030 g/mol. The minimum atomic E-state index is -0.708. The van der Waals surface area contributed by atoms with Gasteiger partial charge in [-0.25, -0.2) is 0 Å². The molecule has 2 aromatic rings. The Morgan fingerprint density at radius 2 is 1.00 bits per heavy atom. The third kappa shape index (κ3) is 11.5. The van der Waals surface area contributed by atoms with Gasteiger partial charge in [0.25, 0.3) is 0 Å². The minimum Gasteiger partial charge on any atom is -0.375 e. The van der Waals surface area contributed by atoms with Crippen LogP contribution in [0.25, 0.3) is 0 Å². The molecule has 394 valence electrons. The number of likely N-dealkylation sites (N-methyl/N-ethyl adjacent to an activating group) is 2. The predicted molar refractivity (Wildman–Crippen MR) is 281 cm³/mol. The Kier molecular flexibility index (Phi) is 17.4. The number of nitrogens with zero attached hydrogens (tertiary/aromatic N) is 2. The number of rotatable bonds is 19. The number of nitrogens with one attached hydrogen (secondary N) is 6. The minimum absolute atomic E-state index is 0.157. The van der Waals surface area contributed by atoms with Gasteiger partial charge in [-0.2, -0.15) is 0 Å². The summed E-state index contributed by atoms with van der Waals surface area (Å²) in [5.41, 5.74) is 3.37. The van der Waals surface area contributed by atoms with Crippen molar-refractivity contribution in [3.63, 3.8) is 0 Å². The van der Waals surface area contributed by atoms with Gasteiger partial charge in [-0.05, 0) is 111 Å². The summed E-state index contributed by atoms with van der Waals surface area (Å²) in [5, 5.41) is 18.2. The number of fused-ring (bicyclic) bond motifs is 4. The summed E-state index contributed by atoms with van der Waals surface area (Å²) in [4.78, 5) is 86.8. The maximum atomic E-state index is 14.6. The molecular weight excluding hydrogens is 953 g/mol. The molecule has 0 radical (unpaired) electrons. The van der Waals surface area contributed by atoms with Gasteiger partial charge in [0.1, 0.15) is 24.2 Å². The molecule has 2 unspecified atom stereocenters. The molecule has 2 aromatic carbocycles. The molecule has 0 bridgehead atoms. The summed E-state index contributed by atoms with van der Waals surface area (Å²) in [5.74, 6) is 0.117. The highest BCUT2D eigenvalue weighted by atomic mass is 32.2. The molecule has 2 aliphatic carbocycles. The summed E-state index contributed by atoms with van der Waals surface area (Å²) in [6.45, 7) is 12.8. The maximum Gasteiger partial charge on any atom is 0.246 e. The van der Waals surface area contributed by atoms with E-state index < -0.39 is 47.1 Å². The highest BCUT2D eigenvalue weighted by molar-refractivity contribution is 8.00. The van der Waals surface area contributed by atoms with Crippen LogP contribution in [0.3, 0.4) is 0 Å². The van der Waals surface area contributed by atoms with Gasteiger partial charge in [0, 0.05) is 26.1 Å². The van der Waals surface area contributed by atoms with Crippen LogP contribution in [-0.2, 0) is 51.1 Å². The molecule has 6 N–H and O–H groups in total. The highest BCUT2D eigenvalue weighted by Gasteiger charge is 2.57. The van der Waals surface area contributed by atoms with Gasteiger partial charge in [0.05, 0.1) is 47.1 Å². The second kappa shape index (κ2) is 23.1. The van der Waals surface area contributed by atoms with Crippen LogP contribution in [-0.4, -0.2) is 143 Å². The SMILES string of the molecule is CN[C@@H](C)C(=O)N[C@H]1CCSC2CC(C)(C)[C@@H](C(=O)N[C@H]3c4ccccc4C[C@H]3OCCCCCCO[C@@H]3Cc4ccccc4[C@@H]3NC(=O)[C@H]3N4C(=O)[C@@H](NC(=O)[C@H](C)NC)CCSC4CC3(C)C)N2C1=O. The number of carbonyl (C=O) groups excluding carboxylic acids is 6. The Bertz CT molecular complexity index is 2160. The lowest BCUT2D eigenvalue weighted by Gasteiger charge is -2.35. The lowest BCUT2D eigenvalue weighted by molar-refractivity contribution is -0.144. The van der Waals surface area contributed by atoms with Crippen molar-refractivity contribution in [2.45, 2.75) is 177 Å². The molecule has 0 aromatic heterocycles. The van der Waals surface area contributed by atoms with Crippen LogP contribution in [0, 0.1) is 10.8 Å². The van der Waals surface area contributed by atoms with Crippen molar-refractivity contribution in [1.29, 1.82) is 0 Å². The summed E-state index contributed by atoms with van der Waals surface area (Å²) in [7, 11) is 3.42. The summed E-state index contributed by atoms with van der Waals surface area (Å²) in [6.07, 6.45) is 6.71. The van der Waals surface area contributed by atoms with E-state index in [2.05, 4.69) is 83.9 Å². The lowest BCUT2D eigenvalue weighted by Crippen LogP contribution is -2.58. The predicted octanol–water partition coefficient (Wildman–Crippen LogP) is 4.51. The molecule has 12 atom stereocenters. The topological polar surface area (TPSA) is 200 Å². The smallest absolute Gasteiger partial charge is 0.246 e. The van der Waals surface area contributed by atoms with E-state index in [4.69, 9.17) is 9.47 Å². The van der Waals surface area contributed by atoms with Gasteiger partial charge < -0.3 is 51.2 Å². The summed E-state index contributed by atoms with van der Waals surface area (Å²) >= 11 is 3.37. The van der Waals surface area contributed by atoms with E-state index in [1.165, 1.54) is 0 Å². The first-order chi connectivity index (χ1) is 34.4. The van der Waals surface area contributed by atoms with Crippen molar-refractivity contribution in [2.75, 3.05) is 38.8 Å². The van der Waals surface area contributed by atoms with Gasteiger partial charge >= 0.3 is 0 Å². The molecule has 16 nitrogen and oxygen atoms in total. The molecule has 18 heteroatoms. The number of hydrogen-bond donors (Lipinski definition) is 6. The average Bonchev–Trinajstić information content (AvgIpc) is 3.99. The fraction of sp³-hybridized carbons (Fsp3) is 0.667. The van der Waals surface area contributed by atoms with Crippen LogP contribution in [0.4, 0.5) is 0 Å². The van der Waals surface area contributed by atoms with Crippen LogP contribution >= 0.6 is 23.5 Å². The number of ether oxygens (including phenoxy) is 2. The molecule has 8 rings (SSSR count). The fourth-order valence-corrected chi connectivity index (χ4v) is 15.0. The molecule has 0 spiro atoms. The van der Waals surface area contributed by atoms with Crippen molar-refractivity contribution in [1.82, 2.24) is 41.7 Å². The van der Waals surface area contributed by atoms with E-state index in [-0.39, 0.29) is 70.5 Å². The first-order valence-electron chi connectivity index (χ1n) is 26.3. The zero-order valence-electron chi connectivity index (χ0n) is 43.4. The van der Waals surface area contributed by atoms with Gasteiger partial charge in [-0.3, -0.25) is 28.8 Å². The zero-order chi connectivity index (χ0) is 51.5. The first-order valence-corrected chi connectivity index (χ1v) is 28.4. The zero-order valence-corrected chi connectivity index (χ0v) is 45.1. The van der Waals surface area contributed by atoms with Gasteiger partial charge in [-0.1, -0.05) is 89.1 Å². The lowest BCUT2D eigenvalue weighted by atomic mass is 9.83. The monoisotopic (exact) mass is 1030 g/mol. The summed E-state index contributed by atoms with van der Waals surface area (Å²) < 4.78 is 13.2. The van der Waals surface area contributed by atoms with Crippen molar-refractivity contribution in [3.05, 3.63) is 70.8 Å². The second-order valence-corrected chi connectivity index (χ2v) is 24.6. The molecule has 4 heterocycles. The number of benzene rings is 2. The molecule has 4 fully saturated rings. The normalized spacial score (nSPS) is 30.0. The van der Waals surface area contributed by atoms with Crippen molar-refractivity contribution in [3.8, 4) is 0 Å². The van der Waals surface area contributed by atoms with Gasteiger partial charge in [0.2, 0.25) is 35.4 Å². The van der Waals surface area contributed by atoms with Crippen molar-refractivity contribution < 1.29 is 38.2 Å². The number of carbonyl (C=O) groups is 6. The van der Waals surface area contributed by atoms with Crippen LogP contribution in [0.1, 0.15) is 127 Å². The van der Waals surface area contributed by atoms with E-state index in [1.807, 2.05) is 24.3 Å². The Hall–Kier alpha value is -4.20. The van der Waals surface area contributed by atoms with E-state index in [0.717, 1.165) is 47.9 Å². The van der Waals surface area contributed by atoms with E-state index in [0.29, 0.717) is 63.2 Å². The van der Waals surface area contributed by atoms with Crippen LogP contribution < -0.4 is 31.9 Å². The molecule has 6 aliphatic rings. The van der Waals surface area contributed by atoms with Gasteiger partial charge in [-0.15, -0.1) is 23.5 Å². The third-order valence-corrected chi connectivity index (χ3v) is 18.5. The second-order valence-electron chi connectivity index (χ2n) is 22.1. The fourth-order valence-electron chi connectivity index (χ4n) is 11.8. The molecule has 0 saturated carbocycles. The molecule has 4 aliphatic heterocycles. The van der Waals surface area contributed by atoms with Crippen LogP contribution in [0.2, 0.25) is 0 Å². The number of amides is 6. The molecule has 72 heavy (non-hydrogen) atoms. The Labute approximate surface area is 434 Å². The highest BCUT2D eigenvalue weighted by Crippen LogP contribution is 2.48. The Morgan fingerprint density at radius 3 is 1.39 bits per heavy atom. The quantitative estimate of drug-likeness (QED) is 0.108. The van der Waals surface area contributed by atoms with E-state index in [1.54, 1.807) is 61.3 Å². The van der Waals surface area contributed by atoms with Crippen LogP contribution in [0.5, 0.6) is 0 Å². The standard InChI is InChI=1S/C54H78N8O8S2/c1-31(55-7)47(63)57-37-21-25-71-41-29-53(3,4)45(61(41)51(37)67)49(65)59-43-35-19-13-11-17-33(35)27-39(43)69-23-15-9-10-16-24-70-40-28-34-18-12-14-20-36(34)44(40)60-50(66)46-54(5,6)30-42-62(46)52(68)38(22-26-72-42)58-48(64)32(2)56-8/h11-14,17-20,31-32,37-46,55-56H,9-10,15-16,21-30H2,1-8H3,(H,57,63)(H,58,64)(H,59,65)(H,60,66)/t31-,32-,37-,38-,39+,40+,41?,42?,43-,44-,45+,46+/m0/s1. The molecule has 4 saturated heterocycles. The Balaban J connectivity index is 0.836. The van der Waals surface area contributed by atoms with Gasteiger partial charge in [0.15, 0.2) is 0 Å². The maximum absolute atomic E-state index is 14.6. The summed E-state index contributed by atoms with van der Waals surface area (Å²) in [6, 6.07) is 11.8. The third-order valence-electron chi connectivity index (χ3n) is 16.0. The van der Waals surface area contributed by atoms with E-state index in [9.17, 15) is 28.8 Å². The largest absolute Gasteiger partial charge is 0.375 e. The number of hydrogen-bond acceptors (Lipinski definition) is 12. The van der Waals surface area contributed by atoms with E-state index >= 15 is 0 Å².